The second-order valence-electron chi connectivity index (χ2n) is 3.94. The number of carbonyl (C=O) groups excluding carboxylic acids is 1. The lowest BCUT2D eigenvalue weighted by Crippen LogP contribution is -2.07. The van der Waals surface area contributed by atoms with Crippen LogP contribution >= 0.6 is 22.9 Å². The summed E-state index contributed by atoms with van der Waals surface area (Å²) in [6.07, 6.45) is 1.15. The van der Waals surface area contributed by atoms with E-state index >= 15 is 0 Å². The minimum atomic E-state index is -0.156. The van der Waals surface area contributed by atoms with Crippen LogP contribution in [-0.4, -0.2) is 24.1 Å². The molecular formula is C13H15ClN2O2S. The summed E-state index contributed by atoms with van der Waals surface area (Å²) >= 11 is 7.61. The van der Waals surface area contributed by atoms with Gasteiger partial charge in [0, 0.05) is 13.0 Å². The number of halogens is 1. The Morgan fingerprint density at radius 1 is 1.53 bits per heavy atom. The monoisotopic (exact) mass is 298 g/mol. The van der Waals surface area contributed by atoms with Gasteiger partial charge >= 0.3 is 5.97 Å². The van der Waals surface area contributed by atoms with Crippen LogP contribution in [0.1, 0.15) is 19.8 Å². The minimum absolute atomic E-state index is 0.156. The first-order valence-electron chi connectivity index (χ1n) is 6.15. The molecule has 0 unspecified atom stereocenters. The number of ether oxygens (including phenoxy) is 1. The van der Waals surface area contributed by atoms with E-state index in [4.69, 9.17) is 16.3 Å². The Balaban J connectivity index is 1.85. The molecular weight excluding hydrogens is 284 g/mol. The normalized spacial score (nSPS) is 10.6. The summed E-state index contributed by atoms with van der Waals surface area (Å²) < 4.78 is 5.84. The van der Waals surface area contributed by atoms with Gasteiger partial charge in [-0.15, -0.1) is 0 Å². The van der Waals surface area contributed by atoms with Crippen LogP contribution in [0.2, 0.25) is 5.02 Å². The van der Waals surface area contributed by atoms with E-state index in [1.807, 2.05) is 18.2 Å². The molecule has 0 atom stereocenters. The molecule has 0 saturated carbocycles. The Bertz CT molecular complexity index is 571. The maximum Gasteiger partial charge on any atom is 0.305 e. The van der Waals surface area contributed by atoms with Gasteiger partial charge in [0.05, 0.1) is 21.8 Å². The fourth-order valence-electron chi connectivity index (χ4n) is 1.65. The maximum atomic E-state index is 11.2. The van der Waals surface area contributed by atoms with E-state index in [0.29, 0.717) is 19.6 Å². The van der Waals surface area contributed by atoms with Gasteiger partial charge in [-0.05, 0) is 25.5 Å². The van der Waals surface area contributed by atoms with Gasteiger partial charge in [-0.1, -0.05) is 29.0 Å². The highest BCUT2D eigenvalue weighted by Gasteiger charge is 2.06. The molecule has 0 spiro atoms. The quantitative estimate of drug-likeness (QED) is 0.652. The number of benzene rings is 1. The summed E-state index contributed by atoms with van der Waals surface area (Å²) in [6, 6.07) is 5.67. The van der Waals surface area contributed by atoms with Crippen LogP contribution in [-0.2, 0) is 9.53 Å². The SMILES string of the molecule is CCOC(=O)CCCNc1nc2cccc(Cl)c2s1. The summed E-state index contributed by atoms with van der Waals surface area (Å²) in [6.45, 7) is 2.93. The van der Waals surface area contributed by atoms with E-state index in [1.165, 1.54) is 11.3 Å². The number of hydrogen-bond acceptors (Lipinski definition) is 5. The van der Waals surface area contributed by atoms with Crippen LogP contribution in [0.4, 0.5) is 5.13 Å². The van der Waals surface area contributed by atoms with Crippen LogP contribution < -0.4 is 5.32 Å². The molecule has 0 saturated heterocycles. The molecule has 4 nitrogen and oxygen atoms in total. The number of aromatic nitrogens is 1. The first-order chi connectivity index (χ1) is 9.20. The average Bonchev–Trinajstić information content (AvgIpc) is 2.79. The Kier molecular flexibility index (Phi) is 4.99. The molecule has 0 fully saturated rings. The van der Waals surface area contributed by atoms with Gasteiger partial charge < -0.3 is 10.1 Å². The Labute approximate surface area is 120 Å². The summed E-state index contributed by atoms with van der Waals surface area (Å²) in [5.41, 5.74) is 0.894. The number of nitrogens with zero attached hydrogens (tertiary/aromatic N) is 1. The Morgan fingerprint density at radius 3 is 3.11 bits per heavy atom. The second kappa shape index (κ2) is 6.73. The molecule has 2 rings (SSSR count). The zero-order chi connectivity index (χ0) is 13.7. The van der Waals surface area contributed by atoms with Crippen molar-refractivity contribution >= 4 is 44.3 Å². The highest BCUT2D eigenvalue weighted by atomic mass is 35.5. The van der Waals surface area contributed by atoms with Crippen molar-refractivity contribution in [1.82, 2.24) is 4.98 Å². The summed E-state index contributed by atoms with van der Waals surface area (Å²) in [5, 5.41) is 4.74. The van der Waals surface area contributed by atoms with Gasteiger partial charge in [-0.25, -0.2) is 4.98 Å². The van der Waals surface area contributed by atoms with Crippen LogP contribution in [0, 0.1) is 0 Å². The van der Waals surface area contributed by atoms with Gasteiger partial charge in [0.25, 0.3) is 0 Å². The molecule has 19 heavy (non-hydrogen) atoms. The Hall–Kier alpha value is -1.33. The van der Waals surface area contributed by atoms with Crippen molar-refractivity contribution in [1.29, 1.82) is 0 Å². The lowest BCUT2D eigenvalue weighted by molar-refractivity contribution is -0.143. The number of nitrogens with one attached hydrogen (secondary N) is 1. The van der Waals surface area contributed by atoms with Crippen LogP contribution in [0.25, 0.3) is 10.2 Å². The highest BCUT2D eigenvalue weighted by molar-refractivity contribution is 7.22. The molecule has 2 aromatic rings. The van der Waals surface area contributed by atoms with Gasteiger partial charge in [0.1, 0.15) is 0 Å². The van der Waals surface area contributed by atoms with Gasteiger partial charge in [0.2, 0.25) is 0 Å². The van der Waals surface area contributed by atoms with Crippen molar-refractivity contribution in [2.45, 2.75) is 19.8 Å². The smallest absolute Gasteiger partial charge is 0.305 e. The third-order valence-corrected chi connectivity index (χ3v) is 4.00. The van der Waals surface area contributed by atoms with E-state index < -0.39 is 0 Å². The zero-order valence-electron chi connectivity index (χ0n) is 10.6. The maximum absolute atomic E-state index is 11.2. The molecule has 1 N–H and O–H groups in total. The van der Waals surface area contributed by atoms with Crippen molar-refractivity contribution in [3.05, 3.63) is 23.2 Å². The van der Waals surface area contributed by atoms with Gasteiger partial charge in [-0.3, -0.25) is 4.79 Å². The van der Waals surface area contributed by atoms with Crippen molar-refractivity contribution in [3.8, 4) is 0 Å². The topological polar surface area (TPSA) is 51.2 Å². The molecule has 0 amide bonds. The van der Waals surface area contributed by atoms with Crippen molar-refractivity contribution in [2.75, 3.05) is 18.5 Å². The minimum Gasteiger partial charge on any atom is -0.466 e. The van der Waals surface area contributed by atoms with E-state index in [9.17, 15) is 4.79 Å². The van der Waals surface area contributed by atoms with Crippen molar-refractivity contribution in [2.24, 2.45) is 0 Å². The molecule has 1 aromatic heterocycles. The molecule has 1 heterocycles. The molecule has 0 radical (unpaired) electrons. The number of fused-ring (bicyclic) bond motifs is 1. The predicted octanol–water partition coefficient (Wildman–Crippen LogP) is 3.70. The van der Waals surface area contributed by atoms with E-state index in [1.54, 1.807) is 6.92 Å². The summed E-state index contributed by atoms with van der Waals surface area (Å²) in [7, 11) is 0. The lowest BCUT2D eigenvalue weighted by Gasteiger charge is -2.02. The molecule has 0 aliphatic carbocycles. The fraction of sp³-hybridized carbons (Fsp3) is 0.385. The summed E-state index contributed by atoms with van der Waals surface area (Å²) in [4.78, 5) is 15.6. The number of rotatable bonds is 6. The van der Waals surface area contributed by atoms with Crippen LogP contribution in [0.15, 0.2) is 18.2 Å². The van der Waals surface area contributed by atoms with E-state index in [-0.39, 0.29) is 5.97 Å². The third kappa shape index (κ3) is 3.81. The lowest BCUT2D eigenvalue weighted by atomic mass is 10.3. The highest BCUT2D eigenvalue weighted by Crippen LogP contribution is 2.31. The van der Waals surface area contributed by atoms with E-state index in [2.05, 4.69) is 10.3 Å². The number of esters is 1. The third-order valence-electron chi connectivity index (χ3n) is 2.51. The molecule has 6 heteroatoms. The van der Waals surface area contributed by atoms with Crippen molar-refractivity contribution < 1.29 is 9.53 Å². The number of thiazole rings is 1. The predicted molar refractivity (Wildman–Crippen MR) is 79.0 cm³/mol. The van der Waals surface area contributed by atoms with Gasteiger partial charge in [0.15, 0.2) is 5.13 Å². The standard InChI is InChI=1S/C13H15ClN2O2S/c1-2-18-11(17)7-4-8-15-13-16-10-6-3-5-9(14)12(10)19-13/h3,5-6H,2,4,7-8H2,1H3,(H,15,16). The first-order valence-corrected chi connectivity index (χ1v) is 7.34. The van der Waals surface area contributed by atoms with Crippen LogP contribution in [0.5, 0.6) is 0 Å². The largest absolute Gasteiger partial charge is 0.466 e. The molecule has 0 bridgehead atoms. The average molecular weight is 299 g/mol. The number of hydrogen-bond donors (Lipinski definition) is 1. The zero-order valence-corrected chi connectivity index (χ0v) is 12.2. The number of carbonyl (C=O) groups is 1. The molecule has 1 aromatic carbocycles. The van der Waals surface area contributed by atoms with Crippen molar-refractivity contribution in [3.63, 3.8) is 0 Å². The fourth-order valence-corrected chi connectivity index (χ4v) is 2.83. The van der Waals surface area contributed by atoms with Gasteiger partial charge in [-0.2, -0.15) is 0 Å². The van der Waals surface area contributed by atoms with E-state index in [0.717, 1.165) is 26.8 Å². The molecule has 0 aliphatic rings. The first kappa shape index (κ1) is 14.1. The molecule has 102 valence electrons. The second-order valence-corrected chi connectivity index (χ2v) is 5.35. The summed E-state index contributed by atoms with van der Waals surface area (Å²) in [5.74, 6) is -0.156. The number of anilines is 1. The van der Waals surface area contributed by atoms with Crippen LogP contribution in [0.3, 0.4) is 0 Å². The molecule has 0 aliphatic heterocycles. The Morgan fingerprint density at radius 2 is 2.37 bits per heavy atom.